The molecule has 0 atom stereocenters. The van der Waals surface area contributed by atoms with E-state index in [2.05, 4.69) is 16.3 Å². The van der Waals surface area contributed by atoms with Crippen molar-refractivity contribution in [1.29, 1.82) is 0 Å². The Morgan fingerprint density at radius 1 is 1.30 bits per heavy atom. The SMILES string of the molecule is CC(=O)N1CCC(c2cccc(-c3ccn[nH]3)n2)CC1. The smallest absolute Gasteiger partial charge is 0.219 e. The zero-order valence-corrected chi connectivity index (χ0v) is 11.5. The molecule has 1 fully saturated rings. The van der Waals surface area contributed by atoms with Crippen LogP contribution in [0.25, 0.3) is 11.4 Å². The molecule has 5 heteroatoms. The van der Waals surface area contributed by atoms with E-state index in [0.29, 0.717) is 5.92 Å². The molecular formula is C15H18N4O. The van der Waals surface area contributed by atoms with Gasteiger partial charge < -0.3 is 4.90 Å². The number of nitrogens with zero attached hydrogens (tertiary/aromatic N) is 3. The second-order valence-corrected chi connectivity index (χ2v) is 5.20. The molecule has 1 saturated heterocycles. The maximum absolute atomic E-state index is 11.4. The highest BCUT2D eigenvalue weighted by Crippen LogP contribution is 2.28. The Kier molecular flexibility index (Phi) is 3.50. The topological polar surface area (TPSA) is 61.9 Å². The highest BCUT2D eigenvalue weighted by atomic mass is 16.2. The highest BCUT2D eigenvalue weighted by molar-refractivity contribution is 5.73. The molecule has 0 aromatic carbocycles. The van der Waals surface area contributed by atoms with Crippen LogP contribution in [0.5, 0.6) is 0 Å². The molecule has 3 rings (SSSR count). The fourth-order valence-corrected chi connectivity index (χ4v) is 2.72. The van der Waals surface area contributed by atoms with Crippen molar-refractivity contribution in [2.24, 2.45) is 0 Å². The third kappa shape index (κ3) is 2.57. The van der Waals surface area contributed by atoms with Gasteiger partial charge in [-0.05, 0) is 31.0 Å². The van der Waals surface area contributed by atoms with Gasteiger partial charge in [-0.3, -0.25) is 14.9 Å². The molecule has 0 saturated carbocycles. The molecule has 0 spiro atoms. The summed E-state index contributed by atoms with van der Waals surface area (Å²) in [7, 11) is 0. The summed E-state index contributed by atoms with van der Waals surface area (Å²) < 4.78 is 0. The first kappa shape index (κ1) is 12.8. The van der Waals surface area contributed by atoms with E-state index in [0.717, 1.165) is 43.0 Å². The number of nitrogens with one attached hydrogen (secondary N) is 1. The summed E-state index contributed by atoms with van der Waals surface area (Å²) in [5.74, 6) is 0.607. The van der Waals surface area contributed by atoms with Crippen molar-refractivity contribution in [3.05, 3.63) is 36.2 Å². The number of aromatic nitrogens is 3. The number of piperidine rings is 1. The maximum atomic E-state index is 11.4. The standard InChI is InChI=1S/C15H18N4O/c1-11(20)19-9-6-12(7-10-19)13-3-2-4-14(17-13)15-5-8-16-18-15/h2-5,8,12H,6-7,9-10H2,1H3,(H,16,18). The summed E-state index contributed by atoms with van der Waals surface area (Å²) in [6, 6.07) is 8.02. The Morgan fingerprint density at radius 2 is 2.10 bits per heavy atom. The van der Waals surface area contributed by atoms with Crippen LogP contribution in [0.1, 0.15) is 31.4 Å². The minimum Gasteiger partial charge on any atom is -0.343 e. The number of aromatic amines is 1. The summed E-state index contributed by atoms with van der Waals surface area (Å²) in [4.78, 5) is 18.0. The Bertz CT molecular complexity index is 586. The van der Waals surface area contributed by atoms with Gasteiger partial charge >= 0.3 is 0 Å². The van der Waals surface area contributed by atoms with Crippen LogP contribution in [0.2, 0.25) is 0 Å². The summed E-state index contributed by atoms with van der Waals surface area (Å²) in [6.07, 6.45) is 3.70. The van der Waals surface area contributed by atoms with Crippen molar-refractivity contribution in [3.8, 4) is 11.4 Å². The number of carbonyl (C=O) groups is 1. The number of hydrogen-bond donors (Lipinski definition) is 1. The molecule has 2 aromatic rings. The van der Waals surface area contributed by atoms with Crippen LogP contribution in [0.15, 0.2) is 30.5 Å². The van der Waals surface area contributed by atoms with Gasteiger partial charge in [-0.15, -0.1) is 0 Å². The van der Waals surface area contributed by atoms with Gasteiger partial charge in [0.2, 0.25) is 5.91 Å². The van der Waals surface area contributed by atoms with Gasteiger partial charge in [0.15, 0.2) is 0 Å². The van der Waals surface area contributed by atoms with Crippen molar-refractivity contribution in [2.45, 2.75) is 25.7 Å². The average molecular weight is 270 g/mol. The third-order valence-electron chi connectivity index (χ3n) is 3.91. The lowest BCUT2D eigenvalue weighted by Gasteiger charge is -2.31. The zero-order chi connectivity index (χ0) is 13.9. The van der Waals surface area contributed by atoms with Gasteiger partial charge in [-0.1, -0.05) is 6.07 Å². The normalized spacial score (nSPS) is 16.4. The fourth-order valence-electron chi connectivity index (χ4n) is 2.72. The fraction of sp³-hybridized carbons (Fsp3) is 0.400. The first-order valence-corrected chi connectivity index (χ1v) is 6.96. The van der Waals surface area contributed by atoms with Crippen LogP contribution >= 0.6 is 0 Å². The molecular weight excluding hydrogens is 252 g/mol. The monoisotopic (exact) mass is 270 g/mol. The van der Waals surface area contributed by atoms with Gasteiger partial charge in [0.1, 0.15) is 0 Å². The van der Waals surface area contributed by atoms with Crippen LogP contribution in [-0.2, 0) is 4.79 Å². The maximum Gasteiger partial charge on any atom is 0.219 e. The molecule has 5 nitrogen and oxygen atoms in total. The van der Waals surface area contributed by atoms with Crippen LogP contribution in [0.4, 0.5) is 0 Å². The predicted molar refractivity (Wildman–Crippen MR) is 76.0 cm³/mol. The number of carbonyl (C=O) groups excluding carboxylic acids is 1. The van der Waals surface area contributed by atoms with Crippen LogP contribution in [0.3, 0.4) is 0 Å². The molecule has 1 aliphatic heterocycles. The van der Waals surface area contributed by atoms with Gasteiger partial charge in [0.05, 0.1) is 11.4 Å². The minimum absolute atomic E-state index is 0.169. The molecule has 0 aliphatic carbocycles. The van der Waals surface area contributed by atoms with Crippen LogP contribution in [-0.4, -0.2) is 39.1 Å². The number of likely N-dealkylation sites (tertiary alicyclic amines) is 1. The van der Waals surface area contributed by atoms with Crippen LogP contribution < -0.4 is 0 Å². The van der Waals surface area contributed by atoms with E-state index in [4.69, 9.17) is 4.98 Å². The molecule has 0 radical (unpaired) electrons. The summed E-state index contributed by atoms with van der Waals surface area (Å²) in [5.41, 5.74) is 2.97. The largest absolute Gasteiger partial charge is 0.343 e. The molecule has 1 aliphatic rings. The molecule has 104 valence electrons. The minimum atomic E-state index is 0.169. The van der Waals surface area contributed by atoms with E-state index in [1.807, 2.05) is 23.1 Å². The first-order valence-electron chi connectivity index (χ1n) is 6.96. The first-order chi connectivity index (χ1) is 9.74. The second-order valence-electron chi connectivity index (χ2n) is 5.20. The Morgan fingerprint density at radius 3 is 2.75 bits per heavy atom. The molecule has 0 bridgehead atoms. The summed E-state index contributed by atoms with van der Waals surface area (Å²) >= 11 is 0. The number of H-pyrrole nitrogens is 1. The van der Waals surface area contributed by atoms with E-state index in [9.17, 15) is 4.79 Å². The second kappa shape index (κ2) is 5.45. The summed E-state index contributed by atoms with van der Waals surface area (Å²) in [6.45, 7) is 3.30. The van der Waals surface area contributed by atoms with Crippen molar-refractivity contribution < 1.29 is 4.79 Å². The number of rotatable bonds is 2. The van der Waals surface area contributed by atoms with E-state index < -0.39 is 0 Å². The van der Waals surface area contributed by atoms with E-state index >= 15 is 0 Å². The molecule has 0 unspecified atom stereocenters. The lowest BCUT2D eigenvalue weighted by Crippen LogP contribution is -2.36. The Labute approximate surface area is 118 Å². The Hall–Kier alpha value is -2.17. The van der Waals surface area contributed by atoms with Gasteiger partial charge in [-0.25, -0.2) is 0 Å². The molecule has 3 heterocycles. The lowest BCUT2D eigenvalue weighted by atomic mass is 9.93. The highest BCUT2D eigenvalue weighted by Gasteiger charge is 2.23. The molecule has 1 amide bonds. The zero-order valence-electron chi connectivity index (χ0n) is 11.5. The quantitative estimate of drug-likeness (QED) is 0.910. The molecule has 20 heavy (non-hydrogen) atoms. The van der Waals surface area contributed by atoms with Crippen molar-refractivity contribution in [1.82, 2.24) is 20.1 Å². The van der Waals surface area contributed by atoms with E-state index in [1.54, 1.807) is 13.1 Å². The number of pyridine rings is 1. The van der Waals surface area contributed by atoms with Gasteiger partial charge in [0, 0.05) is 37.8 Å². The number of amides is 1. The van der Waals surface area contributed by atoms with Gasteiger partial charge in [0.25, 0.3) is 0 Å². The number of hydrogen-bond acceptors (Lipinski definition) is 3. The van der Waals surface area contributed by atoms with Crippen molar-refractivity contribution in [2.75, 3.05) is 13.1 Å². The lowest BCUT2D eigenvalue weighted by molar-refractivity contribution is -0.129. The summed E-state index contributed by atoms with van der Waals surface area (Å²) in [5, 5.41) is 6.90. The third-order valence-corrected chi connectivity index (χ3v) is 3.91. The van der Waals surface area contributed by atoms with E-state index in [-0.39, 0.29) is 5.91 Å². The molecule has 1 N–H and O–H groups in total. The average Bonchev–Trinajstić information content (AvgIpc) is 3.02. The van der Waals surface area contributed by atoms with E-state index in [1.165, 1.54) is 0 Å². The van der Waals surface area contributed by atoms with Crippen molar-refractivity contribution in [3.63, 3.8) is 0 Å². The predicted octanol–water partition coefficient (Wildman–Crippen LogP) is 2.20. The van der Waals surface area contributed by atoms with Crippen molar-refractivity contribution >= 4 is 5.91 Å². The molecule has 2 aromatic heterocycles. The van der Waals surface area contributed by atoms with Crippen LogP contribution in [0, 0.1) is 0 Å². The Balaban J connectivity index is 1.75. The van der Waals surface area contributed by atoms with Gasteiger partial charge in [-0.2, -0.15) is 5.10 Å².